The highest BCUT2D eigenvalue weighted by atomic mass is 32.2. The summed E-state index contributed by atoms with van der Waals surface area (Å²) in [6.45, 7) is 2.02. The van der Waals surface area contributed by atoms with Crippen molar-refractivity contribution in [2.24, 2.45) is 0 Å². The van der Waals surface area contributed by atoms with Crippen molar-refractivity contribution in [3.63, 3.8) is 0 Å². The minimum Gasteiger partial charge on any atom is -0.337 e. The summed E-state index contributed by atoms with van der Waals surface area (Å²) in [7, 11) is -3.11. The number of rotatable bonds is 5. The first-order chi connectivity index (χ1) is 11.8. The van der Waals surface area contributed by atoms with Crippen molar-refractivity contribution in [1.82, 2.24) is 15.1 Å². The molecule has 3 rings (SSSR count). The number of urea groups is 1. The summed E-state index contributed by atoms with van der Waals surface area (Å²) < 4.78 is 23.4. The van der Waals surface area contributed by atoms with Crippen LogP contribution in [0.3, 0.4) is 0 Å². The van der Waals surface area contributed by atoms with Crippen LogP contribution in [0.25, 0.3) is 0 Å². The highest BCUT2D eigenvalue weighted by Gasteiger charge is 2.53. The fourth-order valence-electron chi connectivity index (χ4n) is 4.14. The number of imide groups is 1. The Hall–Kier alpha value is -1.64. The predicted octanol–water partition coefficient (Wildman–Crippen LogP) is 0.277. The second-order valence-corrected chi connectivity index (χ2v) is 9.48. The van der Waals surface area contributed by atoms with E-state index in [4.69, 9.17) is 0 Å². The Kier molecular flexibility index (Phi) is 4.78. The molecule has 0 bridgehead atoms. The average Bonchev–Trinajstić information content (AvgIpc) is 3.21. The van der Waals surface area contributed by atoms with Crippen LogP contribution in [0, 0.1) is 0 Å². The van der Waals surface area contributed by atoms with Crippen molar-refractivity contribution in [3.8, 4) is 0 Å². The maximum Gasteiger partial charge on any atom is 0.325 e. The van der Waals surface area contributed by atoms with Crippen LogP contribution in [0.1, 0.15) is 45.4 Å². The molecule has 9 heteroatoms. The fraction of sp³-hybridized carbons (Fsp3) is 0.812. The Bertz CT molecular complexity index is 684. The predicted molar refractivity (Wildman–Crippen MR) is 90.5 cm³/mol. The molecule has 140 valence electrons. The van der Waals surface area contributed by atoms with Gasteiger partial charge in [0.15, 0.2) is 9.84 Å². The van der Waals surface area contributed by atoms with E-state index in [1.807, 2.05) is 6.92 Å². The summed E-state index contributed by atoms with van der Waals surface area (Å²) in [5.74, 6) is -0.637. The van der Waals surface area contributed by atoms with E-state index in [-0.39, 0.29) is 35.9 Å². The van der Waals surface area contributed by atoms with Crippen molar-refractivity contribution in [1.29, 1.82) is 0 Å². The van der Waals surface area contributed by atoms with Gasteiger partial charge in [0.25, 0.3) is 5.91 Å². The normalized spacial score (nSPS) is 27.1. The van der Waals surface area contributed by atoms with Crippen LogP contribution in [0.5, 0.6) is 0 Å². The first-order valence-electron chi connectivity index (χ1n) is 8.92. The monoisotopic (exact) mass is 371 g/mol. The van der Waals surface area contributed by atoms with E-state index in [0.29, 0.717) is 32.2 Å². The van der Waals surface area contributed by atoms with Gasteiger partial charge in [-0.25, -0.2) is 13.2 Å². The molecule has 2 aliphatic heterocycles. The largest absolute Gasteiger partial charge is 0.337 e. The molecule has 4 amide bonds. The summed E-state index contributed by atoms with van der Waals surface area (Å²) in [5.41, 5.74) is -0.830. The zero-order valence-corrected chi connectivity index (χ0v) is 15.3. The first-order valence-corrected chi connectivity index (χ1v) is 10.7. The van der Waals surface area contributed by atoms with Gasteiger partial charge in [-0.3, -0.25) is 14.5 Å². The molecule has 0 aromatic carbocycles. The van der Waals surface area contributed by atoms with Crippen LogP contribution in [-0.2, 0) is 19.4 Å². The van der Waals surface area contributed by atoms with E-state index in [9.17, 15) is 22.8 Å². The van der Waals surface area contributed by atoms with Crippen molar-refractivity contribution in [3.05, 3.63) is 0 Å². The van der Waals surface area contributed by atoms with E-state index >= 15 is 0 Å². The number of nitrogens with zero attached hydrogens (tertiary/aromatic N) is 2. The molecule has 3 aliphatic rings. The van der Waals surface area contributed by atoms with Gasteiger partial charge in [0, 0.05) is 12.6 Å². The number of carbonyl (C=O) groups is 3. The lowest BCUT2D eigenvalue weighted by atomic mass is 9.98. The molecule has 0 aromatic heterocycles. The lowest BCUT2D eigenvalue weighted by Crippen LogP contribution is -2.49. The Morgan fingerprint density at radius 1 is 1.32 bits per heavy atom. The molecular formula is C16H25N3O5S. The summed E-state index contributed by atoms with van der Waals surface area (Å²) in [6, 6.07) is -0.880. The molecule has 25 heavy (non-hydrogen) atoms. The highest BCUT2D eigenvalue weighted by molar-refractivity contribution is 7.91. The summed E-state index contributed by atoms with van der Waals surface area (Å²) in [6.07, 6.45) is 4.10. The molecule has 1 N–H and O–H groups in total. The van der Waals surface area contributed by atoms with Crippen molar-refractivity contribution >= 4 is 27.7 Å². The quantitative estimate of drug-likeness (QED) is 0.699. The van der Waals surface area contributed by atoms with Gasteiger partial charge in [-0.15, -0.1) is 0 Å². The average molecular weight is 371 g/mol. The van der Waals surface area contributed by atoms with Gasteiger partial charge < -0.3 is 10.2 Å². The minimum absolute atomic E-state index is 0.0389. The number of nitrogens with one attached hydrogen (secondary N) is 1. The second-order valence-electron chi connectivity index (χ2n) is 7.25. The smallest absolute Gasteiger partial charge is 0.325 e. The highest BCUT2D eigenvalue weighted by Crippen LogP contribution is 2.35. The Labute approximate surface area is 147 Å². The van der Waals surface area contributed by atoms with Gasteiger partial charge in [0.05, 0.1) is 11.5 Å². The molecule has 1 spiro atoms. The molecule has 8 nitrogen and oxygen atoms in total. The zero-order chi connectivity index (χ0) is 18.2. The lowest BCUT2D eigenvalue weighted by Gasteiger charge is -2.29. The number of amides is 4. The molecule has 0 aromatic rings. The van der Waals surface area contributed by atoms with Gasteiger partial charge in [-0.05, 0) is 25.7 Å². The maximum absolute atomic E-state index is 12.7. The van der Waals surface area contributed by atoms with E-state index in [0.717, 1.165) is 17.7 Å². The second kappa shape index (κ2) is 6.59. The van der Waals surface area contributed by atoms with Crippen molar-refractivity contribution in [2.75, 3.05) is 24.6 Å². The SMILES string of the molecule is CCCN(C(=O)CN1C(=O)NC2(CCCC2)C1=O)[C@H]1CCS(=O)(=O)C1. The molecular weight excluding hydrogens is 346 g/mol. The Balaban J connectivity index is 1.71. The van der Waals surface area contributed by atoms with Crippen molar-refractivity contribution < 1.29 is 22.8 Å². The maximum atomic E-state index is 12.7. The minimum atomic E-state index is -3.11. The molecule has 1 atom stereocenters. The van der Waals surface area contributed by atoms with Gasteiger partial charge in [-0.1, -0.05) is 19.8 Å². The third kappa shape index (κ3) is 3.38. The third-order valence-corrected chi connectivity index (χ3v) is 7.18. The molecule has 0 radical (unpaired) electrons. The molecule has 2 heterocycles. The summed E-state index contributed by atoms with van der Waals surface area (Å²) in [5, 5.41) is 2.76. The third-order valence-electron chi connectivity index (χ3n) is 5.43. The van der Waals surface area contributed by atoms with E-state index in [1.54, 1.807) is 0 Å². The zero-order valence-electron chi connectivity index (χ0n) is 14.5. The number of hydrogen-bond donors (Lipinski definition) is 1. The van der Waals surface area contributed by atoms with Crippen LogP contribution in [0.4, 0.5) is 4.79 Å². The van der Waals surface area contributed by atoms with Crippen LogP contribution in [0.15, 0.2) is 0 Å². The number of sulfone groups is 1. The summed E-state index contributed by atoms with van der Waals surface area (Å²) >= 11 is 0. The van der Waals surface area contributed by atoms with Crippen LogP contribution >= 0.6 is 0 Å². The Morgan fingerprint density at radius 2 is 2.00 bits per heavy atom. The van der Waals surface area contributed by atoms with Gasteiger partial charge in [0.2, 0.25) is 5.91 Å². The van der Waals surface area contributed by atoms with Crippen LogP contribution in [0.2, 0.25) is 0 Å². The van der Waals surface area contributed by atoms with Gasteiger partial charge in [-0.2, -0.15) is 0 Å². The number of carbonyl (C=O) groups excluding carboxylic acids is 3. The van der Waals surface area contributed by atoms with Crippen LogP contribution in [-0.4, -0.2) is 72.2 Å². The fourth-order valence-corrected chi connectivity index (χ4v) is 5.87. The van der Waals surface area contributed by atoms with Gasteiger partial charge in [0.1, 0.15) is 12.1 Å². The molecule has 1 aliphatic carbocycles. The van der Waals surface area contributed by atoms with Gasteiger partial charge >= 0.3 is 6.03 Å². The van der Waals surface area contributed by atoms with E-state index in [1.165, 1.54) is 4.90 Å². The first kappa shape index (κ1) is 18.2. The van der Waals surface area contributed by atoms with E-state index in [2.05, 4.69) is 5.32 Å². The molecule has 0 unspecified atom stereocenters. The molecule has 3 fully saturated rings. The summed E-state index contributed by atoms with van der Waals surface area (Å²) in [4.78, 5) is 40.1. The molecule has 1 saturated carbocycles. The number of hydrogen-bond acceptors (Lipinski definition) is 5. The van der Waals surface area contributed by atoms with Crippen LogP contribution < -0.4 is 5.32 Å². The standard InChI is InChI=1S/C16H25N3O5S/c1-2-8-18(12-5-9-25(23,24)11-12)13(20)10-19-14(21)16(17-15(19)22)6-3-4-7-16/h12H,2-11H2,1H3,(H,17,22)/t12-/m0/s1. The molecule has 2 saturated heterocycles. The lowest BCUT2D eigenvalue weighted by molar-refractivity contribution is -0.140. The van der Waals surface area contributed by atoms with Crippen molar-refractivity contribution in [2.45, 2.75) is 57.0 Å². The topological polar surface area (TPSA) is 104 Å². The van der Waals surface area contributed by atoms with E-state index < -0.39 is 21.4 Å². The Morgan fingerprint density at radius 3 is 2.56 bits per heavy atom.